The van der Waals surface area contributed by atoms with Crippen LogP contribution in [-0.4, -0.2) is 37.1 Å². The molecule has 0 spiro atoms. The number of likely N-dealkylation sites (N-methyl/N-ethyl adjacent to an activating group) is 1. The molecule has 1 saturated carbocycles. The molecule has 102 valence electrons. The van der Waals surface area contributed by atoms with Gasteiger partial charge in [-0.2, -0.15) is 0 Å². The van der Waals surface area contributed by atoms with Gasteiger partial charge in [0.05, 0.1) is 0 Å². The Morgan fingerprint density at radius 1 is 1.29 bits per heavy atom. The maximum absolute atomic E-state index is 3.66. The van der Waals surface area contributed by atoms with Gasteiger partial charge >= 0.3 is 0 Å². The normalized spacial score (nSPS) is 27.4. The Hall–Kier alpha value is -0.0800. The first-order valence-corrected chi connectivity index (χ1v) is 7.60. The van der Waals surface area contributed by atoms with Gasteiger partial charge in [-0.05, 0) is 45.2 Å². The molecule has 3 atom stereocenters. The second-order valence-electron chi connectivity index (χ2n) is 5.92. The molecule has 0 saturated heterocycles. The molecule has 0 amide bonds. The van der Waals surface area contributed by atoms with Crippen LogP contribution < -0.4 is 5.32 Å². The van der Waals surface area contributed by atoms with Crippen LogP contribution in [-0.2, 0) is 0 Å². The standard InChI is InChI=1S/C15H32N2/c1-5-10-16-14(6-2)12-17(4)15-9-7-8-13(3)11-15/h13-16H,5-12H2,1-4H3. The minimum absolute atomic E-state index is 0.678. The van der Waals surface area contributed by atoms with Crippen molar-refractivity contribution < 1.29 is 0 Å². The van der Waals surface area contributed by atoms with Crippen LogP contribution in [0.15, 0.2) is 0 Å². The van der Waals surface area contributed by atoms with Crippen molar-refractivity contribution in [1.29, 1.82) is 0 Å². The highest BCUT2D eigenvalue weighted by atomic mass is 15.2. The number of nitrogens with one attached hydrogen (secondary N) is 1. The van der Waals surface area contributed by atoms with Crippen molar-refractivity contribution in [3.63, 3.8) is 0 Å². The van der Waals surface area contributed by atoms with Gasteiger partial charge in [-0.3, -0.25) is 0 Å². The second kappa shape index (κ2) is 8.10. The molecule has 0 aromatic carbocycles. The van der Waals surface area contributed by atoms with Crippen LogP contribution >= 0.6 is 0 Å². The summed E-state index contributed by atoms with van der Waals surface area (Å²) in [6, 6.07) is 1.51. The number of hydrogen-bond donors (Lipinski definition) is 1. The molecule has 1 aliphatic rings. The lowest BCUT2D eigenvalue weighted by Crippen LogP contribution is -2.44. The highest BCUT2D eigenvalue weighted by Crippen LogP contribution is 2.26. The van der Waals surface area contributed by atoms with E-state index in [9.17, 15) is 0 Å². The molecule has 2 heteroatoms. The minimum atomic E-state index is 0.678. The van der Waals surface area contributed by atoms with E-state index in [2.05, 4.69) is 38.0 Å². The van der Waals surface area contributed by atoms with Crippen LogP contribution in [0.4, 0.5) is 0 Å². The van der Waals surface area contributed by atoms with Crippen LogP contribution in [0.1, 0.15) is 59.3 Å². The van der Waals surface area contributed by atoms with Crippen molar-refractivity contribution in [2.75, 3.05) is 20.1 Å². The molecule has 0 bridgehead atoms. The molecule has 17 heavy (non-hydrogen) atoms. The summed E-state index contributed by atoms with van der Waals surface area (Å²) in [5, 5.41) is 3.66. The van der Waals surface area contributed by atoms with E-state index in [1.807, 2.05) is 0 Å². The Morgan fingerprint density at radius 3 is 2.65 bits per heavy atom. The fourth-order valence-corrected chi connectivity index (χ4v) is 2.99. The topological polar surface area (TPSA) is 15.3 Å². The molecule has 0 aromatic heterocycles. The summed E-state index contributed by atoms with van der Waals surface area (Å²) in [4.78, 5) is 2.60. The van der Waals surface area contributed by atoms with Crippen LogP contribution in [0.2, 0.25) is 0 Å². The molecule has 1 fully saturated rings. The second-order valence-corrected chi connectivity index (χ2v) is 5.92. The number of rotatable bonds is 7. The van der Waals surface area contributed by atoms with Gasteiger partial charge in [0.2, 0.25) is 0 Å². The van der Waals surface area contributed by atoms with E-state index >= 15 is 0 Å². The van der Waals surface area contributed by atoms with Crippen LogP contribution in [0.5, 0.6) is 0 Å². The van der Waals surface area contributed by atoms with Crippen molar-refractivity contribution in [1.82, 2.24) is 10.2 Å². The van der Waals surface area contributed by atoms with E-state index < -0.39 is 0 Å². The first kappa shape index (κ1) is 15.0. The Morgan fingerprint density at radius 2 is 2.06 bits per heavy atom. The first-order chi connectivity index (χ1) is 8.17. The van der Waals surface area contributed by atoms with Gasteiger partial charge in [0.25, 0.3) is 0 Å². The lowest BCUT2D eigenvalue weighted by molar-refractivity contribution is 0.149. The van der Waals surface area contributed by atoms with Crippen molar-refractivity contribution in [3.05, 3.63) is 0 Å². The van der Waals surface area contributed by atoms with Crippen LogP contribution in [0.25, 0.3) is 0 Å². The fraction of sp³-hybridized carbons (Fsp3) is 1.00. The molecular formula is C15H32N2. The monoisotopic (exact) mass is 240 g/mol. The predicted molar refractivity (Wildman–Crippen MR) is 76.4 cm³/mol. The number of nitrogens with zero attached hydrogens (tertiary/aromatic N) is 1. The van der Waals surface area contributed by atoms with E-state index in [1.54, 1.807) is 0 Å². The summed E-state index contributed by atoms with van der Waals surface area (Å²) in [6.07, 6.45) is 8.16. The zero-order valence-corrected chi connectivity index (χ0v) is 12.3. The molecule has 0 aromatic rings. The zero-order chi connectivity index (χ0) is 12.7. The average molecular weight is 240 g/mol. The molecule has 1 rings (SSSR count). The molecule has 1 aliphatic carbocycles. The molecule has 3 unspecified atom stereocenters. The van der Waals surface area contributed by atoms with Gasteiger partial charge < -0.3 is 10.2 Å². The van der Waals surface area contributed by atoms with Gasteiger partial charge in [0.1, 0.15) is 0 Å². The summed E-state index contributed by atoms with van der Waals surface area (Å²) in [6.45, 7) is 9.32. The van der Waals surface area contributed by atoms with Gasteiger partial charge in [-0.15, -0.1) is 0 Å². The van der Waals surface area contributed by atoms with E-state index in [1.165, 1.54) is 45.1 Å². The van der Waals surface area contributed by atoms with Gasteiger partial charge in [0.15, 0.2) is 0 Å². The average Bonchev–Trinajstić information content (AvgIpc) is 2.34. The molecule has 0 heterocycles. The van der Waals surface area contributed by atoms with Crippen molar-refractivity contribution >= 4 is 0 Å². The van der Waals surface area contributed by atoms with Gasteiger partial charge in [-0.1, -0.05) is 33.6 Å². The summed E-state index contributed by atoms with van der Waals surface area (Å²) in [5.74, 6) is 0.930. The van der Waals surface area contributed by atoms with Crippen LogP contribution in [0.3, 0.4) is 0 Å². The quantitative estimate of drug-likeness (QED) is 0.735. The zero-order valence-electron chi connectivity index (χ0n) is 12.3. The Balaban J connectivity index is 2.32. The smallest absolute Gasteiger partial charge is 0.0192 e. The maximum Gasteiger partial charge on any atom is 0.0192 e. The summed E-state index contributed by atoms with van der Waals surface area (Å²) in [5.41, 5.74) is 0. The van der Waals surface area contributed by atoms with E-state index in [0.717, 1.165) is 18.5 Å². The third-order valence-electron chi connectivity index (χ3n) is 4.22. The van der Waals surface area contributed by atoms with E-state index in [-0.39, 0.29) is 0 Å². The molecule has 0 aliphatic heterocycles. The highest BCUT2D eigenvalue weighted by Gasteiger charge is 2.23. The van der Waals surface area contributed by atoms with Gasteiger partial charge in [-0.25, -0.2) is 0 Å². The van der Waals surface area contributed by atoms with Crippen molar-refractivity contribution in [3.8, 4) is 0 Å². The third kappa shape index (κ3) is 5.39. The Bertz CT molecular complexity index is 193. The SMILES string of the molecule is CCCNC(CC)CN(C)C1CCCC(C)C1. The van der Waals surface area contributed by atoms with Gasteiger partial charge in [0, 0.05) is 18.6 Å². The molecular weight excluding hydrogens is 208 g/mol. The van der Waals surface area contributed by atoms with Crippen LogP contribution in [0, 0.1) is 5.92 Å². The highest BCUT2D eigenvalue weighted by molar-refractivity contribution is 4.80. The number of hydrogen-bond acceptors (Lipinski definition) is 2. The fourth-order valence-electron chi connectivity index (χ4n) is 2.99. The Labute approximate surface area is 108 Å². The van der Waals surface area contributed by atoms with Crippen molar-refractivity contribution in [2.24, 2.45) is 5.92 Å². The molecule has 0 radical (unpaired) electrons. The van der Waals surface area contributed by atoms with Crippen molar-refractivity contribution in [2.45, 2.75) is 71.4 Å². The summed E-state index contributed by atoms with van der Waals surface area (Å²) < 4.78 is 0. The maximum atomic E-state index is 3.66. The lowest BCUT2D eigenvalue weighted by atomic mass is 9.86. The largest absolute Gasteiger partial charge is 0.313 e. The van der Waals surface area contributed by atoms with E-state index in [0.29, 0.717) is 6.04 Å². The molecule has 2 nitrogen and oxygen atoms in total. The Kier molecular flexibility index (Phi) is 7.14. The predicted octanol–water partition coefficient (Wildman–Crippen LogP) is 3.28. The minimum Gasteiger partial charge on any atom is -0.313 e. The van der Waals surface area contributed by atoms with E-state index in [4.69, 9.17) is 0 Å². The third-order valence-corrected chi connectivity index (χ3v) is 4.22. The lowest BCUT2D eigenvalue weighted by Gasteiger charge is -2.36. The molecule has 1 N–H and O–H groups in total. The summed E-state index contributed by atoms with van der Waals surface area (Å²) in [7, 11) is 2.32. The first-order valence-electron chi connectivity index (χ1n) is 7.60. The summed E-state index contributed by atoms with van der Waals surface area (Å²) >= 11 is 0.